The molecule has 1 saturated heterocycles. The van der Waals surface area contributed by atoms with Crippen molar-refractivity contribution in [3.8, 4) is 5.88 Å². The van der Waals surface area contributed by atoms with Crippen molar-refractivity contribution in [2.24, 2.45) is 10.9 Å². The predicted molar refractivity (Wildman–Crippen MR) is 114 cm³/mol. The smallest absolute Gasteiger partial charge is 0.417 e. The number of rotatable bonds is 6. The molecule has 0 saturated carbocycles. The highest BCUT2D eigenvalue weighted by Gasteiger charge is 2.30. The number of piperidine rings is 1. The summed E-state index contributed by atoms with van der Waals surface area (Å²) in [5, 5.41) is 5.83. The van der Waals surface area contributed by atoms with Crippen LogP contribution >= 0.6 is 24.0 Å². The number of aromatic nitrogens is 1. The fourth-order valence-electron chi connectivity index (χ4n) is 3.00. The van der Waals surface area contributed by atoms with Crippen molar-refractivity contribution in [1.29, 1.82) is 0 Å². The number of halogens is 4. The molecule has 11 heteroatoms. The van der Waals surface area contributed by atoms with E-state index in [-0.39, 0.29) is 42.4 Å². The van der Waals surface area contributed by atoms with Gasteiger partial charge in [0.2, 0.25) is 11.8 Å². The Balaban J connectivity index is 0.00000420. The number of nitrogens with one attached hydrogen (secondary N) is 2. The quantitative estimate of drug-likeness (QED) is 0.257. The summed E-state index contributed by atoms with van der Waals surface area (Å²) in [6, 6.07) is 2.15. The summed E-state index contributed by atoms with van der Waals surface area (Å²) in [5.74, 6) is 1.32. The highest BCUT2D eigenvalue weighted by Crippen LogP contribution is 2.29. The molecule has 1 aliphatic heterocycles. The minimum atomic E-state index is -4.41. The van der Waals surface area contributed by atoms with Gasteiger partial charge in [0.05, 0.1) is 12.1 Å². The van der Waals surface area contributed by atoms with E-state index in [9.17, 15) is 18.0 Å². The number of alkyl halides is 3. The number of carbonyl (C=O) groups is 1. The molecule has 1 aliphatic rings. The molecule has 0 bridgehead atoms. The van der Waals surface area contributed by atoms with Gasteiger partial charge in [-0.3, -0.25) is 9.79 Å². The van der Waals surface area contributed by atoms with E-state index in [0.29, 0.717) is 18.9 Å². The van der Waals surface area contributed by atoms with Crippen LogP contribution in [0.25, 0.3) is 0 Å². The van der Waals surface area contributed by atoms with Crippen molar-refractivity contribution in [3.05, 3.63) is 23.9 Å². The second kappa shape index (κ2) is 12.0. The maximum atomic E-state index is 12.5. The van der Waals surface area contributed by atoms with Crippen LogP contribution in [0.15, 0.2) is 23.3 Å². The first-order valence-electron chi connectivity index (χ1n) is 9.15. The van der Waals surface area contributed by atoms with Crippen LogP contribution in [0.5, 0.6) is 5.88 Å². The molecule has 2 N–H and O–H groups in total. The molecule has 0 aromatic carbocycles. The molecule has 1 fully saturated rings. The normalized spacial score (nSPS) is 15.5. The maximum Gasteiger partial charge on any atom is 0.417 e. The SMILES string of the molecule is CN=C(NCCOc1ccc(C(F)(F)F)cn1)N1CCC(CC(=O)NC)CC1.I. The lowest BCUT2D eigenvalue weighted by molar-refractivity contribution is -0.137. The van der Waals surface area contributed by atoms with Gasteiger partial charge in [-0.2, -0.15) is 13.2 Å². The van der Waals surface area contributed by atoms with Crippen molar-refractivity contribution < 1.29 is 22.7 Å². The van der Waals surface area contributed by atoms with E-state index < -0.39 is 11.7 Å². The molecule has 0 aliphatic carbocycles. The first-order valence-corrected chi connectivity index (χ1v) is 9.15. The monoisotopic (exact) mass is 529 g/mol. The van der Waals surface area contributed by atoms with Crippen LogP contribution in [0.3, 0.4) is 0 Å². The Labute approximate surface area is 185 Å². The van der Waals surface area contributed by atoms with Crippen molar-refractivity contribution >= 4 is 35.8 Å². The van der Waals surface area contributed by atoms with Gasteiger partial charge in [0.1, 0.15) is 6.61 Å². The fraction of sp³-hybridized carbons (Fsp3) is 0.611. The number of aliphatic imine (C=N–C) groups is 1. The van der Waals surface area contributed by atoms with E-state index in [1.807, 2.05) is 0 Å². The lowest BCUT2D eigenvalue weighted by Gasteiger charge is -2.34. The van der Waals surface area contributed by atoms with Crippen molar-refractivity contribution in [1.82, 2.24) is 20.5 Å². The number of likely N-dealkylation sites (tertiary alicyclic amines) is 1. The van der Waals surface area contributed by atoms with E-state index in [0.717, 1.165) is 44.2 Å². The average molecular weight is 529 g/mol. The Bertz CT molecular complexity index is 662. The summed E-state index contributed by atoms with van der Waals surface area (Å²) in [4.78, 5) is 21.5. The molecule has 0 atom stereocenters. The second-order valence-corrected chi connectivity index (χ2v) is 6.51. The number of carbonyl (C=O) groups excluding carboxylic acids is 1. The number of hydrogen-bond acceptors (Lipinski definition) is 4. The summed E-state index contributed by atoms with van der Waals surface area (Å²) in [5.41, 5.74) is -0.807. The summed E-state index contributed by atoms with van der Waals surface area (Å²) in [7, 11) is 3.34. The number of hydrogen-bond donors (Lipinski definition) is 2. The minimum absolute atomic E-state index is 0. The zero-order chi connectivity index (χ0) is 20.6. The Hall–Kier alpha value is -1.79. The fourth-order valence-corrected chi connectivity index (χ4v) is 3.00. The summed E-state index contributed by atoms with van der Waals surface area (Å²) >= 11 is 0. The zero-order valence-corrected chi connectivity index (χ0v) is 18.8. The first-order chi connectivity index (χ1) is 13.3. The molecule has 7 nitrogen and oxygen atoms in total. The van der Waals surface area contributed by atoms with Gasteiger partial charge < -0.3 is 20.3 Å². The molecule has 0 spiro atoms. The van der Waals surface area contributed by atoms with Crippen LogP contribution in [0.2, 0.25) is 0 Å². The highest BCUT2D eigenvalue weighted by atomic mass is 127. The number of nitrogens with zero attached hydrogens (tertiary/aromatic N) is 3. The standard InChI is InChI=1S/C18H26F3N5O2.HI/c1-22-15(27)11-13-5-8-26(9-6-13)17(23-2)24-7-10-28-16-4-3-14(12-25-16)18(19,20)21;/h3-4,12-13H,5-11H2,1-2H3,(H,22,27)(H,23,24);1H. The van der Waals surface area contributed by atoms with Crippen molar-refractivity contribution in [2.75, 3.05) is 40.3 Å². The summed E-state index contributed by atoms with van der Waals surface area (Å²) in [6.45, 7) is 2.30. The van der Waals surface area contributed by atoms with Gasteiger partial charge in [0, 0.05) is 45.9 Å². The van der Waals surface area contributed by atoms with Crippen LogP contribution < -0.4 is 15.4 Å². The first kappa shape index (κ1) is 25.2. The third-order valence-corrected chi connectivity index (χ3v) is 4.58. The summed E-state index contributed by atoms with van der Waals surface area (Å²) < 4.78 is 42.9. The number of pyridine rings is 1. The molecule has 1 aromatic rings. The van der Waals surface area contributed by atoms with E-state index in [1.54, 1.807) is 14.1 Å². The third-order valence-electron chi connectivity index (χ3n) is 4.58. The maximum absolute atomic E-state index is 12.5. The topological polar surface area (TPSA) is 78.9 Å². The second-order valence-electron chi connectivity index (χ2n) is 6.51. The number of guanidine groups is 1. The lowest BCUT2D eigenvalue weighted by atomic mass is 9.93. The van der Waals surface area contributed by atoms with Gasteiger partial charge in [0.25, 0.3) is 0 Å². The highest BCUT2D eigenvalue weighted by molar-refractivity contribution is 14.0. The number of amides is 1. The van der Waals surface area contributed by atoms with Gasteiger partial charge in [-0.15, -0.1) is 24.0 Å². The van der Waals surface area contributed by atoms with Gasteiger partial charge in [-0.25, -0.2) is 4.98 Å². The Morgan fingerprint density at radius 2 is 2.03 bits per heavy atom. The Morgan fingerprint density at radius 1 is 1.34 bits per heavy atom. The van der Waals surface area contributed by atoms with Crippen molar-refractivity contribution in [2.45, 2.75) is 25.4 Å². The molecule has 29 heavy (non-hydrogen) atoms. The average Bonchev–Trinajstić information content (AvgIpc) is 2.68. The minimum Gasteiger partial charge on any atom is -0.476 e. The largest absolute Gasteiger partial charge is 0.476 e. The van der Waals surface area contributed by atoms with Crippen LogP contribution in [-0.4, -0.2) is 62.1 Å². The molecule has 0 radical (unpaired) electrons. The number of ether oxygens (including phenoxy) is 1. The molecular weight excluding hydrogens is 502 g/mol. The summed E-state index contributed by atoms with van der Waals surface area (Å²) in [6.07, 6.45) is -1.28. The third kappa shape index (κ3) is 8.23. The molecule has 1 amide bonds. The van der Waals surface area contributed by atoms with Crippen LogP contribution in [0.4, 0.5) is 13.2 Å². The molecule has 0 unspecified atom stereocenters. The molecule has 2 rings (SSSR count). The van der Waals surface area contributed by atoms with Crippen LogP contribution in [0.1, 0.15) is 24.8 Å². The van der Waals surface area contributed by atoms with Gasteiger partial charge in [-0.1, -0.05) is 0 Å². The van der Waals surface area contributed by atoms with Gasteiger partial charge >= 0.3 is 6.18 Å². The molecule has 2 heterocycles. The zero-order valence-electron chi connectivity index (χ0n) is 16.5. The van der Waals surface area contributed by atoms with E-state index in [4.69, 9.17) is 4.74 Å². The molecular formula is C18H27F3IN5O2. The Morgan fingerprint density at radius 3 is 2.55 bits per heavy atom. The van der Waals surface area contributed by atoms with Crippen molar-refractivity contribution in [3.63, 3.8) is 0 Å². The van der Waals surface area contributed by atoms with Gasteiger partial charge in [0.15, 0.2) is 5.96 Å². The van der Waals surface area contributed by atoms with Crippen LogP contribution in [0, 0.1) is 5.92 Å². The van der Waals surface area contributed by atoms with E-state index in [1.165, 1.54) is 6.07 Å². The van der Waals surface area contributed by atoms with Crippen LogP contribution in [-0.2, 0) is 11.0 Å². The molecule has 1 aromatic heterocycles. The van der Waals surface area contributed by atoms with Gasteiger partial charge in [-0.05, 0) is 24.8 Å². The molecule has 164 valence electrons. The van der Waals surface area contributed by atoms with E-state index in [2.05, 4.69) is 25.5 Å². The predicted octanol–water partition coefficient (Wildman–Crippen LogP) is 2.52. The lowest BCUT2D eigenvalue weighted by Crippen LogP contribution is -2.46. The van der Waals surface area contributed by atoms with E-state index >= 15 is 0 Å². The Kier molecular flexibility index (Phi) is 10.5.